The second kappa shape index (κ2) is 6.55. The van der Waals surface area contributed by atoms with Crippen molar-refractivity contribution in [2.24, 2.45) is 5.92 Å². The van der Waals surface area contributed by atoms with Crippen LogP contribution in [-0.4, -0.2) is 20.9 Å². The third-order valence-electron chi connectivity index (χ3n) is 3.83. The van der Waals surface area contributed by atoms with Crippen LogP contribution in [-0.2, 0) is 6.54 Å². The molecule has 4 heteroatoms. The topological polar surface area (TPSA) is 55.1 Å². The van der Waals surface area contributed by atoms with Crippen molar-refractivity contribution >= 4 is 16.9 Å². The van der Waals surface area contributed by atoms with Gasteiger partial charge in [-0.15, -0.1) is 0 Å². The Balaban J connectivity index is 2.31. The number of fused-ring (bicyclic) bond motifs is 1. The van der Waals surface area contributed by atoms with Gasteiger partial charge in [-0.2, -0.15) is 5.10 Å². The molecule has 0 fully saturated rings. The fourth-order valence-electron chi connectivity index (χ4n) is 2.59. The van der Waals surface area contributed by atoms with Gasteiger partial charge in [-0.25, -0.2) is 4.79 Å². The molecule has 1 atom stereocenters. The quantitative estimate of drug-likeness (QED) is 0.831. The van der Waals surface area contributed by atoms with Crippen molar-refractivity contribution in [3.05, 3.63) is 30.0 Å². The van der Waals surface area contributed by atoms with Gasteiger partial charge < -0.3 is 5.11 Å². The molecule has 108 valence electrons. The van der Waals surface area contributed by atoms with Gasteiger partial charge in [0.25, 0.3) is 0 Å². The maximum absolute atomic E-state index is 11.3. The molecule has 2 rings (SSSR count). The van der Waals surface area contributed by atoms with Gasteiger partial charge in [-0.1, -0.05) is 51.3 Å². The van der Waals surface area contributed by atoms with Gasteiger partial charge in [0, 0.05) is 11.9 Å². The lowest BCUT2D eigenvalue weighted by molar-refractivity contribution is 0.0691. The van der Waals surface area contributed by atoms with E-state index < -0.39 is 5.97 Å². The van der Waals surface area contributed by atoms with Crippen molar-refractivity contribution in [2.75, 3.05) is 0 Å². The van der Waals surface area contributed by atoms with E-state index in [-0.39, 0.29) is 5.69 Å². The van der Waals surface area contributed by atoms with Gasteiger partial charge in [0.2, 0.25) is 0 Å². The standard InChI is InChI=1S/C16H22N2O2/c1-3-5-8-12(4-2)11-18-14-10-7-6-9-13(14)15(17-18)16(19)20/h6-7,9-10,12H,3-5,8,11H2,1-2H3,(H,19,20). The summed E-state index contributed by atoms with van der Waals surface area (Å²) in [5, 5.41) is 14.3. The minimum absolute atomic E-state index is 0.158. The van der Waals surface area contributed by atoms with E-state index in [4.69, 9.17) is 0 Å². The highest BCUT2D eigenvalue weighted by molar-refractivity contribution is 6.01. The Morgan fingerprint density at radius 2 is 2.10 bits per heavy atom. The molecule has 0 amide bonds. The SMILES string of the molecule is CCCCC(CC)Cn1nc(C(=O)O)c2ccccc21. The van der Waals surface area contributed by atoms with Crippen molar-refractivity contribution in [2.45, 2.75) is 46.1 Å². The average molecular weight is 274 g/mol. The molecular weight excluding hydrogens is 252 g/mol. The maximum atomic E-state index is 11.3. The zero-order valence-electron chi connectivity index (χ0n) is 12.2. The smallest absolute Gasteiger partial charge is 0.357 e. The van der Waals surface area contributed by atoms with E-state index in [9.17, 15) is 9.90 Å². The van der Waals surface area contributed by atoms with E-state index in [1.807, 2.05) is 28.9 Å². The summed E-state index contributed by atoms with van der Waals surface area (Å²) in [7, 11) is 0. The second-order valence-electron chi connectivity index (χ2n) is 5.27. The minimum Gasteiger partial charge on any atom is -0.476 e. The molecule has 0 saturated carbocycles. The first-order chi connectivity index (χ1) is 9.67. The van der Waals surface area contributed by atoms with E-state index in [1.165, 1.54) is 19.3 Å². The Morgan fingerprint density at radius 1 is 1.35 bits per heavy atom. The highest BCUT2D eigenvalue weighted by atomic mass is 16.4. The number of nitrogens with zero attached hydrogens (tertiary/aromatic N) is 2. The molecule has 1 N–H and O–H groups in total. The number of carboxylic acids is 1. The van der Waals surface area contributed by atoms with Crippen LogP contribution in [0.4, 0.5) is 0 Å². The summed E-state index contributed by atoms with van der Waals surface area (Å²) in [4.78, 5) is 11.3. The zero-order chi connectivity index (χ0) is 14.5. The first-order valence-electron chi connectivity index (χ1n) is 7.36. The van der Waals surface area contributed by atoms with Crippen molar-refractivity contribution in [1.82, 2.24) is 9.78 Å². The number of hydrogen-bond donors (Lipinski definition) is 1. The molecule has 2 aromatic rings. The number of unbranched alkanes of at least 4 members (excludes halogenated alkanes) is 1. The van der Waals surface area contributed by atoms with E-state index in [1.54, 1.807) is 0 Å². The number of carbonyl (C=O) groups is 1. The fourth-order valence-corrected chi connectivity index (χ4v) is 2.59. The molecule has 1 aromatic carbocycles. The number of benzene rings is 1. The summed E-state index contributed by atoms with van der Waals surface area (Å²) in [5.41, 5.74) is 1.07. The normalized spacial score (nSPS) is 12.7. The molecule has 0 aliphatic heterocycles. The van der Waals surface area contributed by atoms with E-state index >= 15 is 0 Å². The van der Waals surface area contributed by atoms with Crippen LogP contribution < -0.4 is 0 Å². The number of aromatic nitrogens is 2. The summed E-state index contributed by atoms with van der Waals surface area (Å²) in [6, 6.07) is 7.56. The minimum atomic E-state index is -0.957. The number of hydrogen-bond acceptors (Lipinski definition) is 2. The first kappa shape index (κ1) is 14.6. The van der Waals surface area contributed by atoms with Crippen LogP contribution in [0.3, 0.4) is 0 Å². The molecule has 1 heterocycles. The van der Waals surface area contributed by atoms with Gasteiger partial charge in [0.05, 0.1) is 5.52 Å². The molecule has 0 bridgehead atoms. The van der Waals surface area contributed by atoms with Gasteiger partial charge in [0.1, 0.15) is 0 Å². The molecule has 0 spiro atoms. The molecule has 1 unspecified atom stereocenters. The van der Waals surface area contributed by atoms with Gasteiger partial charge in [-0.05, 0) is 18.4 Å². The van der Waals surface area contributed by atoms with Crippen LogP contribution in [0.2, 0.25) is 0 Å². The Kier molecular flexibility index (Phi) is 4.77. The van der Waals surface area contributed by atoms with Crippen molar-refractivity contribution in [3.8, 4) is 0 Å². The van der Waals surface area contributed by atoms with Crippen LogP contribution in [0.5, 0.6) is 0 Å². The predicted molar refractivity (Wildman–Crippen MR) is 80.0 cm³/mol. The van der Waals surface area contributed by atoms with Gasteiger partial charge in [-0.3, -0.25) is 4.68 Å². The summed E-state index contributed by atoms with van der Waals surface area (Å²) < 4.78 is 1.86. The summed E-state index contributed by atoms with van der Waals surface area (Å²) in [6.45, 7) is 5.17. The van der Waals surface area contributed by atoms with Crippen LogP contribution in [0.15, 0.2) is 24.3 Å². The summed E-state index contributed by atoms with van der Waals surface area (Å²) in [5.74, 6) is -0.401. The maximum Gasteiger partial charge on any atom is 0.357 e. The molecule has 0 aliphatic carbocycles. The molecule has 4 nitrogen and oxygen atoms in total. The van der Waals surface area contributed by atoms with Gasteiger partial charge >= 0.3 is 5.97 Å². The highest BCUT2D eigenvalue weighted by Gasteiger charge is 2.17. The lowest BCUT2D eigenvalue weighted by atomic mass is 9.99. The molecular formula is C16H22N2O2. The number of carboxylic acid groups (broad SMARTS) is 1. The average Bonchev–Trinajstić information content (AvgIpc) is 2.82. The highest BCUT2D eigenvalue weighted by Crippen LogP contribution is 2.22. The third kappa shape index (κ3) is 3.00. The number of aromatic carboxylic acids is 1. The summed E-state index contributed by atoms with van der Waals surface area (Å²) in [6.07, 6.45) is 4.67. The lowest BCUT2D eigenvalue weighted by Crippen LogP contribution is -2.12. The first-order valence-corrected chi connectivity index (χ1v) is 7.36. The van der Waals surface area contributed by atoms with Crippen LogP contribution in [0, 0.1) is 5.92 Å². The van der Waals surface area contributed by atoms with Crippen molar-refractivity contribution in [3.63, 3.8) is 0 Å². The van der Waals surface area contributed by atoms with Crippen LogP contribution >= 0.6 is 0 Å². The predicted octanol–water partition coefficient (Wildman–Crippen LogP) is 3.95. The van der Waals surface area contributed by atoms with E-state index in [0.717, 1.165) is 23.9 Å². The summed E-state index contributed by atoms with van der Waals surface area (Å²) >= 11 is 0. The van der Waals surface area contributed by atoms with Crippen molar-refractivity contribution in [1.29, 1.82) is 0 Å². The second-order valence-corrected chi connectivity index (χ2v) is 5.27. The molecule has 0 radical (unpaired) electrons. The largest absolute Gasteiger partial charge is 0.476 e. The Labute approximate surface area is 119 Å². The molecule has 0 saturated heterocycles. The molecule has 0 aliphatic rings. The Morgan fingerprint density at radius 3 is 2.75 bits per heavy atom. The Hall–Kier alpha value is -1.84. The molecule has 1 aromatic heterocycles. The van der Waals surface area contributed by atoms with Crippen LogP contribution in [0.25, 0.3) is 10.9 Å². The van der Waals surface area contributed by atoms with Crippen molar-refractivity contribution < 1.29 is 9.90 Å². The lowest BCUT2D eigenvalue weighted by Gasteiger charge is -2.15. The fraction of sp³-hybridized carbons (Fsp3) is 0.500. The van der Waals surface area contributed by atoms with Gasteiger partial charge in [0.15, 0.2) is 5.69 Å². The van der Waals surface area contributed by atoms with Crippen LogP contribution in [0.1, 0.15) is 50.0 Å². The number of rotatable bonds is 7. The monoisotopic (exact) mass is 274 g/mol. The Bertz CT molecular complexity index is 589. The zero-order valence-corrected chi connectivity index (χ0v) is 12.2. The third-order valence-corrected chi connectivity index (χ3v) is 3.83. The molecule has 20 heavy (non-hydrogen) atoms. The van der Waals surface area contributed by atoms with E-state index in [2.05, 4.69) is 18.9 Å². The number of para-hydroxylation sites is 1. The van der Waals surface area contributed by atoms with E-state index in [0.29, 0.717) is 5.92 Å².